The minimum Gasteiger partial charge on any atom is -0.497 e. The van der Waals surface area contributed by atoms with Crippen LogP contribution in [0.3, 0.4) is 0 Å². The molecule has 39 heavy (non-hydrogen) atoms. The molecule has 1 aliphatic rings. The Morgan fingerprint density at radius 2 is 1.49 bits per heavy atom. The Hall–Kier alpha value is -4.85. The molecule has 0 bridgehead atoms. The van der Waals surface area contributed by atoms with Crippen molar-refractivity contribution >= 4 is 22.8 Å². The van der Waals surface area contributed by atoms with E-state index in [1.54, 1.807) is 25.6 Å². The van der Waals surface area contributed by atoms with Gasteiger partial charge >= 0.3 is 0 Å². The number of piperazine rings is 1. The Morgan fingerprint density at radius 3 is 2.18 bits per heavy atom. The van der Waals surface area contributed by atoms with E-state index in [2.05, 4.69) is 39.9 Å². The highest BCUT2D eigenvalue weighted by atomic mass is 16.5. The summed E-state index contributed by atoms with van der Waals surface area (Å²) in [7, 11) is 1.62. The van der Waals surface area contributed by atoms with Crippen molar-refractivity contribution in [3.8, 4) is 28.3 Å². The van der Waals surface area contributed by atoms with Gasteiger partial charge in [-0.1, -0.05) is 48.5 Å². The highest BCUT2D eigenvalue weighted by Crippen LogP contribution is 2.37. The molecular weight excluding hydrogens is 490 g/mol. The van der Waals surface area contributed by atoms with Crippen LogP contribution in [0.4, 0.5) is 5.82 Å². The van der Waals surface area contributed by atoms with Crippen LogP contribution in [0.1, 0.15) is 0 Å². The normalized spacial score (nSPS) is 13.5. The Morgan fingerprint density at radius 1 is 0.821 bits per heavy atom. The van der Waals surface area contributed by atoms with E-state index in [1.165, 1.54) is 0 Å². The smallest absolute Gasteiger partial charge is 0.260 e. The lowest BCUT2D eigenvalue weighted by atomic mass is 10.1. The van der Waals surface area contributed by atoms with Gasteiger partial charge in [0.25, 0.3) is 5.91 Å². The average Bonchev–Trinajstić information content (AvgIpc) is 3.41. The maximum absolute atomic E-state index is 12.9. The molecule has 6 rings (SSSR count). The highest BCUT2D eigenvalue weighted by molar-refractivity contribution is 6.02. The van der Waals surface area contributed by atoms with Crippen LogP contribution >= 0.6 is 0 Å². The molecule has 1 fully saturated rings. The molecule has 8 heteroatoms. The summed E-state index contributed by atoms with van der Waals surface area (Å²) in [6.45, 7) is 2.53. The SMILES string of the molecule is COc1ccc(OCC(=O)N2CCN(c3ncnc4c3c(-c3ccccc3)cn4-c3ccccc3)CC2)cc1. The van der Waals surface area contributed by atoms with E-state index in [-0.39, 0.29) is 12.5 Å². The number of methoxy groups -OCH3 is 1. The molecule has 0 spiro atoms. The first-order chi connectivity index (χ1) is 19.2. The van der Waals surface area contributed by atoms with E-state index in [4.69, 9.17) is 19.4 Å². The van der Waals surface area contributed by atoms with Gasteiger partial charge in [-0.3, -0.25) is 4.79 Å². The van der Waals surface area contributed by atoms with Crippen LogP contribution in [-0.2, 0) is 4.79 Å². The predicted molar refractivity (Wildman–Crippen MR) is 152 cm³/mol. The van der Waals surface area contributed by atoms with E-state index in [1.807, 2.05) is 53.4 Å². The standard InChI is InChI=1S/C31H29N5O3/c1-38-25-12-14-26(15-13-25)39-21-28(37)34-16-18-35(19-17-34)30-29-27(23-8-4-2-5-9-23)20-36(31(29)33-22-32-30)24-10-6-3-7-11-24/h2-15,20,22H,16-19,21H2,1H3. The van der Waals surface area contributed by atoms with Gasteiger partial charge in [0.15, 0.2) is 12.3 Å². The molecule has 8 nitrogen and oxygen atoms in total. The molecule has 0 atom stereocenters. The number of carbonyl (C=O) groups excluding carboxylic acids is 1. The number of hydrogen-bond acceptors (Lipinski definition) is 6. The lowest BCUT2D eigenvalue weighted by Crippen LogP contribution is -2.50. The largest absolute Gasteiger partial charge is 0.497 e. The number of aromatic nitrogens is 3. The first-order valence-electron chi connectivity index (χ1n) is 13.0. The zero-order valence-corrected chi connectivity index (χ0v) is 21.7. The fourth-order valence-electron chi connectivity index (χ4n) is 4.98. The van der Waals surface area contributed by atoms with Crippen LogP contribution in [0.2, 0.25) is 0 Å². The molecule has 196 valence electrons. The van der Waals surface area contributed by atoms with E-state index in [0.717, 1.165) is 39.4 Å². The summed E-state index contributed by atoms with van der Waals surface area (Å²) in [4.78, 5) is 26.4. The summed E-state index contributed by atoms with van der Waals surface area (Å²) in [5.74, 6) is 2.24. The van der Waals surface area contributed by atoms with Crippen LogP contribution < -0.4 is 14.4 Å². The molecule has 3 heterocycles. The zero-order valence-electron chi connectivity index (χ0n) is 21.7. The molecule has 1 saturated heterocycles. The summed E-state index contributed by atoms with van der Waals surface area (Å²) in [5, 5.41) is 1.01. The van der Waals surface area contributed by atoms with Crippen molar-refractivity contribution in [2.75, 3.05) is 44.8 Å². The number of fused-ring (bicyclic) bond motifs is 1. The van der Waals surface area contributed by atoms with Crippen molar-refractivity contribution in [2.24, 2.45) is 0 Å². The quantitative estimate of drug-likeness (QED) is 0.307. The molecule has 2 aromatic heterocycles. The maximum Gasteiger partial charge on any atom is 0.260 e. The molecule has 1 amide bonds. The first kappa shape index (κ1) is 24.5. The zero-order chi connectivity index (χ0) is 26.6. The van der Waals surface area contributed by atoms with Crippen LogP contribution in [0.5, 0.6) is 11.5 Å². The molecule has 0 saturated carbocycles. The van der Waals surface area contributed by atoms with Crippen molar-refractivity contribution in [2.45, 2.75) is 0 Å². The van der Waals surface area contributed by atoms with Crippen LogP contribution in [0.25, 0.3) is 27.8 Å². The monoisotopic (exact) mass is 519 g/mol. The van der Waals surface area contributed by atoms with E-state index < -0.39 is 0 Å². The van der Waals surface area contributed by atoms with Gasteiger partial charge < -0.3 is 23.8 Å². The number of nitrogens with zero attached hydrogens (tertiary/aromatic N) is 5. The van der Waals surface area contributed by atoms with Crippen molar-refractivity contribution in [1.82, 2.24) is 19.4 Å². The number of carbonyl (C=O) groups is 1. The van der Waals surface area contributed by atoms with Crippen molar-refractivity contribution in [1.29, 1.82) is 0 Å². The topological polar surface area (TPSA) is 72.7 Å². The molecular formula is C31H29N5O3. The lowest BCUT2D eigenvalue weighted by Gasteiger charge is -2.35. The summed E-state index contributed by atoms with van der Waals surface area (Å²) >= 11 is 0. The number of benzene rings is 3. The predicted octanol–water partition coefficient (Wildman–Crippen LogP) is 4.82. The molecule has 0 radical (unpaired) electrons. The van der Waals surface area contributed by atoms with Gasteiger partial charge in [0.1, 0.15) is 23.6 Å². The Kier molecular flexibility index (Phi) is 6.82. The first-order valence-corrected chi connectivity index (χ1v) is 13.0. The summed E-state index contributed by atoms with van der Waals surface area (Å²) < 4.78 is 13.0. The van der Waals surface area contributed by atoms with Gasteiger partial charge in [0.05, 0.1) is 12.5 Å². The molecule has 1 aliphatic heterocycles. The van der Waals surface area contributed by atoms with Gasteiger partial charge in [-0.15, -0.1) is 0 Å². The second kappa shape index (κ2) is 10.9. The molecule has 0 unspecified atom stereocenters. The number of rotatable bonds is 7. The minimum absolute atomic E-state index is 0.00215. The van der Waals surface area contributed by atoms with Crippen molar-refractivity contribution in [3.05, 3.63) is 97.5 Å². The van der Waals surface area contributed by atoms with Gasteiger partial charge in [0.2, 0.25) is 0 Å². The fraction of sp³-hybridized carbons (Fsp3) is 0.194. The van der Waals surface area contributed by atoms with Gasteiger partial charge in [-0.2, -0.15) is 0 Å². The minimum atomic E-state index is -0.0292. The fourth-order valence-corrected chi connectivity index (χ4v) is 4.98. The molecule has 0 N–H and O–H groups in total. The Balaban J connectivity index is 1.23. The van der Waals surface area contributed by atoms with Crippen LogP contribution in [-0.4, -0.2) is 65.2 Å². The van der Waals surface area contributed by atoms with Crippen molar-refractivity contribution in [3.63, 3.8) is 0 Å². The third kappa shape index (κ3) is 5.01. The number of amides is 1. The molecule has 3 aromatic carbocycles. The molecule has 5 aromatic rings. The van der Waals surface area contributed by atoms with Crippen LogP contribution in [0, 0.1) is 0 Å². The third-order valence-electron chi connectivity index (χ3n) is 7.04. The third-order valence-corrected chi connectivity index (χ3v) is 7.04. The van der Waals surface area contributed by atoms with E-state index in [9.17, 15) is 4.79 Å². The van der Waals surface area contributed by atoms with E-state index >= 15 is 0 Å². The summed E-state index contributed by atoms with van der Waals surface area (Å²) in [6, 6.07) is 27.8. The molecule has 0 aliphatic carbocycles. The Labute approximate surface area is 227 Å². The number of para-hydroxylation sites is 1. The average molecular weight is 520 g/mol. The van der Waals surface area contributed by atoms with E-state index in [0.29, 0.717) is 31.9 Å². The second-order valence-corrected chi connectivity index (χ2v) is 9.34. The number of hydrogen-bond donors (Lipinski definition) is 0. The van der Waals surface area contributed by atoms with Gasteiger partial charge in [-0.05, 0) is 42.0 Å². The Bertz CT molecular complexity index is 1560. The number of anilines is 1. The van der Waals surface area contributed by atoms with Crippen molar-refractivity contribution < 1.29 is 14.3 Å². The van der Waals surface area contributed by atoms with Gasteiger partial charge in [-0.25, -0.2) is 9.97 Å². The van der Waals surface area contributed by atoms with Gasteiger partial charge in [0, 0.05) is 43.6 Å². The van der Waals surface area contributed by atoms with Crippen LogP contribution in [0.15, 0.2) is 97.5 Å². The lowest BCUT2D eigenvalue weighted by molar-refractivity contribution is -0.133. The summed E-state index contributed by atoms with van der Waals surface area (Å²) in [5.41, 5.74) is 4.09. The highest BCUT2D eigenvalue weighted by Gasteiger charge is 2.26. The summed E-state index contributed by atoms with van der Waals surface area (Å²) in [6.07, 6.45) is 3.77. The number of ether oxygens (including phenoxy) is 2. The maximum atomic E-state index is 12.9. The second-order valence-electron chi connectivity index (χ2n) is 9.34.